The van der Waals surface area contributed by atoms with Gasteiger partial charge in [-0.25, -0.2) is 0 Å². The summed E-state index contributed by atoms with van der Waals surface area (Å²) in [5.74, 6) is 0.287. The van der Waals surface area contributed by atoms with Crippen LogP contribution in [0.5, 0.6) is 5.75 Å². The summed E-state index contributed by atoms with van der Waals surface area (Å²) in [6.07, 6.45) is -3.86. The molecule has 2 rings (SSSR count). The van der Waals surface area contributed by atoms with Crippen LogP contribution < -0.4 is 10.1 Å². The predicted octanol–water partition coefficient (Wildman–Crippen LogP) is 5.46. The van der Waals surface area contributed by atoms with E-state index in [1.54, 1.807) is 18.2 Å². The zero-order valence-corrected chi connectivity index (χ0v) is 14.2. The third kappa shape index (κ3) is 5.98. The molecule has 0 radical (unpaired) electrons. The molecule has 2 aromatic rings. The lowest BCUT2D eigenvalue weighted by molar-refractivity contribution is -0.137. The largest absolute Gasteiger partial charge is 0.494 e. The molecule has 0 unspecified atom stereocenters. The number of aryl methyl sites for hydroxylation is 1. The lowest BCUT2D eigenvalue weighted by Crippen LogP contribution is -2.14. The van der Waals surface area contributed by atoms with Crippen molar-refractivity contribution in [3.63, 3.8) is 0 Å². The first-order valence-corrected chi connectivity index (χ1v) is 7.99. The molecule has 134 valence electrons. The molecule has 1 amide bonds. The van der Waals surface area contributed by atoms with E-state index < -0.39 is 11.7 Å². The van der Waals surface area contributed by atoms with Crippen molar-refractivity contribution in [3.05, 3.63) is 58.6 Å². The molecule has 0 aromatic heterocycles. The maximum Gasteiger partial charge on any atom is 0.416 e. The average Bonchev–Trinajstić information content (AvgIpc) is 2.54. The normalized spacial score (nSPS) is 11.2. The summed E-state index contributed by atoms with van der Waals surface area (Å²) < 4.78 is 43.4. The molecule has 0 aliphatic rings. The van der Waals surface area contributed by atoms with Crippen molar-refractivity contribution < 1.29 is 22.7 Å². The molecule has 0 aliphatic heterocycles. The monoisotopic (exact) mass is 371 g/mol. The summed E-state index contributed by atoms with van der Waals surface area (Å²) in [4.78, 5) is 11.8. The van der Waals surface area contributed by atoms with Crippen LogP contribution in [0.2, 0.25) is 5.02 Å². The van der Waals surface area contributed by atoms with Gasteiger partial charge in [-0.3, -0.25) is 4.79 Å². The molecule has 0 heterocycles. The Labute approximate surface area is 148 Å². The van der Waals surface area contributed by atoms with E-state index in [9.17, 15) is 18.0 Å². The molecule has 25 heavy (non-hydrogen) atoms. The van der Waals surface area contributed by atoms with Crippen LogP contribution in [0.1, 0.15) is 24.0 Å². The summed E-state index contributed by atoms with van der Waals surface area (Å²) in [6.45, 7) is 2.18. The molecular formula is C18H17ClF3NO2. The Morgan fingerprint density at radius 3 is 2.64 bits per heavy atom. The van der Waals surface area contributed by atoms with Crippen molar-refractivity contribution in [1.29, 1.82) is 0 Å². The van der Waals surface area contributed by atoms with E-state index in [1.807, 2.05) is 6.92 Å². The summed E-state index contributed by atoms with van der Waals surface area (Å²) in [5, 5.41) is 3.10. The van der Waals surface area contributed by atoms with Gasteiger partial charge in [0.05, 0.1) is 12.2 Å². The van der Waals surface area contributed by atoms with E-state index in [1.165, 1.54) is 12.1 Å². The number of hydrogen-bond donors (Lipinski definition) is 1. The predicted molar refractivity (Wildman–Crippen MR) is 91.0 cm³/mol. The van der Waals surface area contributed by atoms with Gasteiger partial charge in [-0.15, -0.1) is 0 Å². The van der Waals surface area contributed by atoms with Crippen molar-refractivity contribution in [2.75, 3.05) is 11.9 Å². The molecule has 0 atom stereocenters. The Balaban J connectivity index is 1.78. The lowest BCUT2D eigenvalue weighted by atomic mass is 10.2. The highest BCUT2D eigenvalue weighted by molar-refractivity contribution is 6.31. The number of carbonyl (C=O) groups excluding carboxylic acids is 1. The molecule has 3 nitrogen and oxygen atoms in total. The van der Waals surface area contributed by atoms with Gasteiger partial charge in [0, 0.05) is 17.1 Å². The van der Waals surface area contributed by atoms with Crippen LogP contribution in [0.4, 0.5) is 18.9 Å². The molecular weight excluding hydrogens is 355 g/mol. The van der Waals surface area contributed by atoms with Gasteiger partial charge in [-0.2, -0.15) is 13.2 Å². The van der Waals surface area contributed by atoms with Gasteiger partial charge in [0.15, 0.2) is 0 Å². The van der Waals surface area contributed by atoms with Crippen LogP contribution in [0.15, 0.2) is 42.5 Å². The van der Waals surface area contributed by atoms with E-state index in [0.717, 1.165) is 17.7 Å². The minimum atomic E-state index is -4.44. The minimum absolute atomic E-state index is 0.120. The van der Waals surface area contributed by atoms with Crippen LogP contribution in [0.3, 0.4) is 0 Å². The first kappa shape index (κ1) is 19.1. The fourth-order valence-corrected chi connectivity index (χ4v) is 2.24. The smallest absolute Gasteiger partial charge is 0.416 e. The fraction of sp³-hybridized carbons (Fsp3) is 0.278. The number of carbonyl (C=O) groups is 1. The topological polar surface area (TPSA) is 38.3 Å². The SMILES string of the molecule is Cc1cc(OCCCC(=O)Nc2cccc(C(F)(F)F)c2)ccc1Cl. The second kappa shape index (κ2) is 8.25. The van der Waals surface area contributed by atoms with Crippen LogP contribution in [0, 0.1) is 6.92 Å². The van der Waals surface area contributed by atoms with Crippen molar-refractivity contribution in [1.82, 2.24) is 0 Å². The number of amides is 1. The number of halogens is 4. The molecule has 1 N–H and O–H groups in total. The van der Waals surface area contributed by atoms with Crippen LogP contribution >= 0.6 is 11.6 Å². The highest BCUT2D eigenvalue weighted by atomic mass is 35.5. The Morgan fingerprint density at radius 2 is 1.96 bits per heavy atom. The molecule has 0 spiro atoms. The number of alkyl halides is 3. The summed E-state index contributed by atoms with van der Waals surface area (Å²) in [7, 11) is 0. The van der Waals surface area contributed by atoms with Crippen molar-refractivity contribution in [2.24, 2.45) is 0 Å². The van der Waals surface area contributed by atoms with Gasteiger partial charge in [-0.05, 0) is 55.3 Å². The summed E-state index contributed by atoms with van der Waals surface area (Å²) >= 11 is 5.92. The fourth-order valence-electron chi connectivity index (χ4n) is 2.13. The number of hydrogen-bond acceptors (Lipinski definition) is 2. The maximum absolute atomic E-state index is 12.6. The van der Waals surface area contributed by atoms with E-state index in [-0.39, 0.29) is 18.0 Å². The molecule has 0 fully saturated rings. The van der Waals surface area contributed by atoms with Gasteiger partial charge in [0.25, 0.3) is 0 Å². The number of nitrogens with one attached hydrogen (secondary N) is 1. The third-order valence-corrected chi connectivity index (χ3v) is 3.84. The van der Waals surface area contributed by atoms with Crippen molar-refractivity contribution in [2.45, 2.75) is 25.9 Å². The first-order valence-electron chi connectivity index (χ1n) is 7.62. The Morgan fingerprint density at radius 1 is 1.20 bits per heavy atom. The third-order valence-electron chi connectivity index (χ3n) is 3.42. The Kier molecular flexibility index (Phi) is 6.31. The molecule has 2 aromatic carbocycles. The maximum atomic E-state index is 12.6. The molecule has 0 saturated heterocycles. The minimum Gasteiger partial charge on any atom is -0.494 e. The quantitative estimate of drug-likeness (QED) is 0.684. The molecule has 0 bridgehead atoms. The van der Waals surface area contributed by atoms with Gasteiger partial charge in [0.2, 0.25) is 5.91 Å². The second-order valence-corrected chi connectivity index (χ2v) is 5.90. The standard InChI is InChI=1S/C18H17ClF3NO2/c1-12-10-15(7-8-16(12)19)25-9-3-6-17(24)23-14-5-2-4-13(11-14)18(20,21)22/h2,4-5,7-8,10-11H,3,6,9H2,1H3,(H,23,24). The highest BCUT2D eigenvalue weighted by Crippen LogP contribution is 2.30. The zero-order valence-electron chi connectivity index (χ0n) is 13.5. The van der Waals surface area contributed by atoms with Gasteiger partial charge >= 0.3 is 6.18 Å². The highest BCUT2D eigenvalue weighted by Gasteiger charge is 2.30. The van der Waals surface area contributed by atoms with Crippen LogP contribution in [0.25, 0.3) is 0 Å². The van der Waals surface area contributed by atoms with Crippen molar-refractivity contribution >= 4 is 23.2 Å². The Hall–Kier alpha value is -2.21. The van der Waals surface area contributed by atoms with E-state index in [4.69, 9.17) is 16.3 Å². The Bertz CT molecular complexity index is 747. The van der Waals surface area contributed by atoms with E-state index in [2.05, 4.69) is 5.32 Å². The number of benzene rings is 2. The van der Waals surface area contributed by atoms with E-state index in [0.29, 0.717) is 23.8 Å². The van der Waals surface area contributed by atoms with Gasteiger partial charge in [-0.1, -0.05) is 17.7 Å². The van der Waals surface area contributed by atoms with Crippen molar-refractivity contribution in [3.8, 4) is 5.75 Å². The number of anilines is 1. The van der Waals surface area contributed by atoms with Gasteiger partial charge < -0.3 is 10.1 Å². The lowest BCUT2D eigenvalue weighted by Gasteiger charge is -2.10. The average molecular weight is 372 g/mol. The number of rotatable bonds is 6. The van der Waals surface area contributed by atoms with Gasteiger partial charge in [0.1, 0.15) is 5.75 Å². The summed E-state index contributed by atoms with van der Waals surface area (Å²) in [6, 6.07) is 9.79. The summed E-state index contributed by atoms with van der Waals surface area (Å²) in [5.41, 5.74) is 0.210. The van der Waals surface area contributed by atoms with E-state index >= 15 is 0 Å². The second-order valence-electron chi connectivity index (χ2n) is 5.49. The molecule has 0 saturated carbocycles. The zero-order chi connectivity index (χ0) is 18.4. The van der Waals surface area contributed by atoms with Crippen LogP contribution in [-0.2, 0) is 11.0 Å². The van der Waals surface area contributed by atoms with Crippen LogP contribution in [-0.4, -0.2) is 12.5 Å². The molecule has 7 heteroatoms. The number of ether oxygens (including phenoxy) is 1. The first-order chi connectivity index (χ1) is 11.8. The molecule has 0 aliphatic carbocycles.